The van der Waals surface area contributed by atoms with Crippen LogP contribution in [0.5, 0.6) is 0 Å². The van der Waals surface area contributed by atoms with Crippen LogP contribution in [0, 0.1) is 10.1 Å². The van der Waals surface area contributed by atoms with Gasteiger partial charge >= 0.3 is 6.18 Å². The quantitative estimate of drug-likeness (QED) is 0.663. The van der Waals surface area contributed by atoms with Crippen LogP contribution in [-0.4, -0.2) is 17.0 Å². The van der Waals surface area contributed by atoms with Crippen LogP contribution in [0.3, 0.4) is 0 Å². The molecule has 0 amide bonds. The van der Waals surface area contributed by atoms with Crippen LogP contribution >= 0.6 is 0 Å². The third kappa shape index (κ3) is 3.63. The van der Waals surface area contributed by atoms with Gasteiger partial charge in [-0.2, -0.15) is 13.2 Å². The molecule has 21 heavy (non-hydrogen) atoms. The zero-order chi connectivity index (χ0) is 15.6. The summed E-state index contributed by atoms with van der Waals surface area (Å²) in [6, 6.07) is 2.71. The fourth-order valence-electron chi connectivity index (χ4n) is 2.56. The number of nitrogens with one attached hydrogen (secondary N) is 1. The van der Waals surface area contributed by atoms with Gasteiger partial charge in [-0.3, -0.25) is 10.1 Å². The average Bonchev–Trinajstić information content (AvgIpc) is 2.40. The van der Waals surface area contributed by atoms with Crippen molar-refractivity contribution < 1.29 is 18.1 Å². The maximum absolute atomic E-state index is 12.9. The Bertz CT molecular complexity index is 534. The molecular formula is C13H16F3N3O2. The van der Waals surface area contributed by atoms with E-state index in [0.717, 1.165) is 37.8 Å². The summed E-state index contributed by atoms with van der Waals surface area (Å²) >= 11 is 0. The maximum atomic E-state index is 12.9. The van der Waals surface area contributed by atoms with Gasteiger partial charge in [-0.15, -0.1) is 0 Å². The summed E-state index contributed by atoms with van der Waals surface area (Å²) < 4.78 is 38.7. The molecule has 0 aliphatic heterocycles. The van der Waals surface area contributed by atoms with Crippen molar-refractivity contribution >= 4 is 11.4 Å². The lowest BCUT2D eigenvalue weighted by atomic mass is 9.91. The van der Waals surface area contributed by atoms with Gasteiger partial charge in [-0.1, -0.05) is 12.8 Å². The molecule has 2 atom stereocenters. The number of benzene rings is 1. The summed E-state index contributed by atoms with van der Waals surface area (Å²) in [5.74, 6) is 0. The molecule has 3 N–H and O–H groups in total. The third-order valence-corrected chi connectivity index (χ3v) is 3.67. The number of nitro benzene ring substituents is 1. The average molecular weight is 303 g/mol. The van der Waals surface area contributed by atoms with Crippen molar-refractivity contribution in [1.82, 2.24) is 0 Å². The van der Waals surface area contributed by atoms with Crippen LogP contribution in [0.1, 0.15) is 31.2 Å². The predicted molar refractivity (Wildman–Crippen MR) is 72.0 cm³/mol. The Hall–Kier alpha value is -1.83. The highest BCUT2D eigenvalue weighted by atomic mass is 19.4. The van der Waals surface area contributed by atoms with Crippen LogP contribution in [0.2, 0.25) is 0 Å². The highest BCUT2D eigenvalue weighted by Crippen LogP contribution is 2.38. The number of nitrogens with two attached hydrogens (primary N) is 1. The molecule has 8 heteroatoms. The van der Waals surface area contributed by atoms with Gasteiger partial charge in [0.2, 0.25) is 0 Å². The number of alkyl halides is 3. The molecule has 0 unspecified atom stereocenters. The van der Waals surface area contributed by atoms with Gasteiger partial charge in [0.15, 0.2) is 0 Å². The maximum Gasteiger partial charge on any atom is 0.423 e. The van der Waals surface area contributed by atoms with E-state index in [0.29, 0.717) is 0 Å². The molecule has 5 nitrogen and oxygen atoms in total. The topological polar surface area (TPSA) is 81.2 Å². The molecule has 1 aromatic rings. The lowest BCUT2D eigenvalue weighted by molar-refractivity contribution is -0.388. The van der Waals surface area contributed by atoms with E-state index in [4.69, 9.17) is 5.73 Å². The summed E-state index contributed by atoms with van der Waals surface area (Å²) in [6.07, 6.45) is -1.21. The Kier molecular flexibility index (Phi) is 4.36. The number of hydrogen-bond donors (Lipinski definition) is 2. The number of rotatable bonds is 3. The van der Waals surface area contributed by atoms with E-state index in [9.17, 15) is 23.3 Å². The van der Waals surface area contributed by atoms with Crippen molar-refractivity contribution in [2.45, 2.75) is 43.9 Å². The van der Waals surface area contributed by atoms with Crippen LogP contribution < -0.4 is 11.1 Å². The van der Waals surface area contributed by atoms with Crippen LogP contribution in [0.4, 0.5) is 24.5 Å². The van der Waals surface area contributed by atoms with Gasteiger partial charge in [0.25, 0.3) is 5.69 Å². The van der Waals surface area contributed by atoms with Crippen molar-refractivity contribution in [3.63, 3.8) is 0 Å². The molecule has 1 aliphatic rings. The molecule has 116 valence electrons. The molecule has 0 heterocycles. The van der Waals surface area contributed by atoms with E-state index >= 15 is 0 Å². The lowest BCUT2D eigenvalue weighted by Gasteiger charge is -2.30. The summed E-state index contributed by atoms with van der Waals surface area (Å²) in [5, 5.41) is 13.6. The summed E-state index contributed by atoms with van der Waals surface area (Å²) in [4.78, 5) is 9.66. The number of anilines is 1. The van der Waals surface area contributed by atoms with Crippen molar-refractivity contribution in [3.05, 3.63) is 33.9 Å². The van der Waals surface area contributed by atoms with Gasteiger partial charge in [-0.05, 0) is 25.0 Å². The third-order valence-electron chi connectivity index (χ3n) is 3.67. The van der Waals surface area contributed by atoms with E-state index in [1.807, 2.05) is 0 Å². The molecule has 1 saturated carbocycles. The van der Waals surface area contributed by atoms with E-state index < -0.39 is 22.4 Å². The predicted octanol–water partition coefficient (Wildman–Crippen LogP) is 3.30. The first kappa shape index (κ1) is 15.6. The lowest BCUT2D eigenvalue weighted by Crippen LogP contribution is -2.42. The second-order valence-corrected chi connectivity index (χ2v) is 5.19. The minimum absolute atomic E-state index is 0.110. The van der Waals surface area contributed by atoms with Crippen LogP contribution in [-0.2, 0) is 6.18 Å². The van der Waals surface area contributed by atoms with Gasteiger partial charge < -0.3 is 11.1 Å². The fraction of sp³-hybridized carbons (Fsp3) is 0.538. The Morgan fingerprint density at radius 1 is 1.29 bits per heavy atom. The van der Waals surface area contributed by atoms with Crippen molar-refractivity contribution in [2.75, 3.05) is 5.32 Å². The zero-order valence-corrected chi connectivity index (χ0v) is 11.2. The fourth-order valence-corrected chi connectivity index (χ4v) is 2.56. The van der Waals surface area contributed by atoms with E-state index in [2.05, 4.69) is 5.32 Å². The van der Waals surface area contributed by atoms with Crippen LogP contribution in [0.25, 0.3) is 0 Å². The minimum atomic E-state index is -4.77. The van der Waals surface area contributed by atoms with E-state index in [1.54, 1.807) is 0 Å². The van der Waals surface area contributed by atoms with E-state index in [-0.39, 0.29) is 17.8 Å². The summed E-state index contributed by atoms with van der Waals surface area (Å²) in [5.41, 5.74) is 3.95. The van der Waals surface area contributed by atoms with Gasteiger partial charge in [0.1, 0.15) is 5.56 Å². The number of halogens is 3. The first-order valence-electron chi connectivity index (χ1n) is 6.67. The number of nitrogens with zero attached hydrogens (tertiary/aromatic N) is 1. The molecular weight excluding hydrogens is 287 g/mol. The molecule has 1 fully saturated rings. The van der Waals surface area contributed by atoms with E-state index in [1.165, 1.54) is 6.07 Å². The molecule has 1 aliphatic carbocycles. The van der Waals surface area contributed by atoms with Crippen LogP contribution in [0.15, 0.2) is 18.2 Å². The molecule has 2 rings (SSSR count). The first-order valence-corrected chi connectivity index (χ1v) is 6.67. The Labute approximate surface area is 119 Å². The highest BCUT2D eigenvalue weighted by molar-refractivity contribution is 5.55. The molecule has 0 bridgehead atoms. The smallest absolute Gasteiger partial charge is 0.381 e. The monoisotopic (exact) mass is 303 g/mol. The second-order valence-electron chi connectivity index (χ2n) is 5.19. The van der Waals surface area contributed by atoms with Crippen molar-refractivity contribution in [3.8, 4) is 0 Å². The number of hydrogen-bond acceptors (Lipinski definition) is 4. The van der Waals surface area contributed by atoms with Gasteiger partial charge in [-0.25, -0.2) is 0 Å². The molecule has 0 radical (unpaired) electrons. The zero-order valence-electron chi connectivity index (χ0n) is 11.2. The Balaban J connectivity index is 2.27. The van der Waals surface area contributed by atoms with Gasteiger partial charge in [0, 0.05) is 23.8 Å². The molecule has 0 spiro atoms. The summed E-state index contributed by atoms with van der Waals surface area (Å²) in [7, 11) is 0. The van der Waals surface area contributed by atoms with Crippen molar-refractivity contribution in [1.29, 1.82) is 0 Å². The number of nitro groups is 1. The molecule has 0 saturated heterocycles. The van der Waals surface area contributed by atoms with Gasteiger partial charge in [0.05, 0.1) is 4.92 Å². The largest absolute Gasteiger partial charge is 0.423 e. The second kappa shape index (κ2) is 5.88. The molecule has 0 aromatic heterocycles. The highest BCUT2D eigenvalue weighted by Gasteiger charge is 2.38. The summed E-state index contributed by atoms with van der Waals surface area (Å²) in [6.45, 7) is 0. The Morgan fingerprint density at radius 3 is 2.52 bits per heavy atom. The minimum Gasteiger partial charge on any atom is -0.381 e. The SMILES string of the molecule is N[C@@H]1CCCC[C@H]1Nc1ccc([N+](=O)[O-])c(C(F)(F)F)c1. The first-order chi connectivity index (χ1) is 9.79. The molecule has 1 aromatic carbocycles. The normalized spacial score (nSPS) is 22.9. The Morgan fingerprint density at radius 2 is 1.95 bits per heavy atom. The standard InChI is InChI=1S/C13H16F3N3O2/c14-13(15,16)9-7-8(5-6-12(9)19(20)21)18-11-4-2-1-3-10(11)17/h5-7,10-11,18H,1-4,17H2/t10-,11-/m1/s1. The van der Waals surface area contributed by atoms with Crippen molar-refractivity contribution in [2.24, 2.45) is 5.73 Å².